The molecule has 1 saturated heterocycles. The normalized spacial score (nSPS) is 20.1. The summed E-state index contributed by atoms with van der Waals surface area (Å²) in [5.74, 6) is -0.204. The molecule has 1 heterocycles. The smallest absolute Gasteiger partial charge is 0.311 e. The fraction of sp³-hybridized carbons (Fsp3) is 0.417. The molecule has 0 spiro atoms. The second-order valence-electron chi connectivity index (χ2n) is 3.65. The summed E-state index contributed by atoms with van der Waals surface area (Å²) in [5.41, 5.74) is 1.02. The largest absolute Gasteiger partial charge is 0.461 e. The summed E-state index contributed by atoms with van der Waals surface area (Å²) in [5, 5.41) is 0. The van der Waals surface area contributed by atoms with E-state index in [0.29, 0.717) is 19.8 Å². The maximum absolute atomic E-state index is 11.5. The van der Waals surface area contributed by atoms with E-state index in [4.69, 9.17) is 9.47 Å². The first-order valence-corrected chi connectivity index (χ1v) is 5.14. The molecule has 1 aromatic carbocycles. The van der Waals surface area contributed by atoms with Gasteiger partial charge in [0.15, 0.2) is 0 Å². The van der Waals surface area contributed by atoms with Crippen molar-refractivity contribution in [2.45, 2.75) is 13.0 Å². The second kappa shape index (κ2) is 4.94. The van der Waals surface area contributed by atoms with Gasteiger partial charge in [-0.25, -0.2) is 0 Å². The third kappa shape index (κ3) is 2.80. The van der Waals surface area contributed by atoms with Crippen molar-refractivity contribution < 1.29 is 14.3 Å². The third-order valence-electron chi connectivity index (χ3n) is 2.49. The van der Waals surface area contributed by atoms with Crippen LogP contribution >= 0.6 is 0 Å². The van der Waals surface area contributed by atoms with Crippen molar-refractivity contribution in [1.29, 1.82) is 0 Å². The summed E-state index contributed by atoms with van der Waals surface area (Å²) >= 11 is 0. The SMILES string of the molecule is O=C(OCc1ccccc1)[C@@H]1CCOC1. The average molecular weight is 206 g/mol. The number of hydrogen-bond acceptors (Lipinski definition) is 3. The van der Waals surface area contributed by atoms with Crippen LogP contribution in [-0.4, -0.2) is 19.2 Å². The van der Waals surface area contributed by atoms with Gasteiger partial charge in [-0.15, -0.1) is 0 Å². The highest BCUT2D eigenvalue weighted by Gasteiger charge is 2.24. The molecule has 0 saturated carbocycles. The lowest BCUT2D eigenvalue weighted by Gasteiger charge is -2.08. The van der Waals surface area contributed by atoms with Crippen LogP contribution in [0.4, 0.5) is 0 Å². The van der Waals surface area contributed by atoms with Crippen molar-refractivity contribution in [3.05, 3.63) is 35.9 Å². The molecule has 0 amide bonds. The molecule has 3 nitrogen and oxygen atoms in total. The number of hydrogen-bond donors (Lipinski definition) is 0. The molecule has 15 heavy (non-hydrogen) atoms. The summed E-state index contributed by atoms with van der Waals surface area (Å²) in [6, 6.07) is 9.69. The zero-order valence-electron chi connectivity index (χ0n) is 8.52. The molecule has 0 aliphatic carbocycles. The van der Waals surface area contributed by atoms with E-state index in [9.17, 15) is 4.79 Å². The van der Waals surface area contributed by atoms with Crippen LogP contribution in [0.2, 0.25) is 0 Å². The summed E-state index contributed by atoms with van der Waals surface area (Å²) in [4.78, 5) is 11.5. The Morgan fingerprint density at radius 3 is 2.87 bits per heavy atom. The van der Waals surface area contributed by atoms with E-state index in [1.165, 1.54) is 0 Å². The van der Waals surface area contributed by atoms with Gasteiger partial charge in [0.1, 0.15) is 6.61 Å². The van der Waals surface area contributed by atoms with Crippen molar-refractivity contribution >= 4 is 5.97 Å². The summed E-state index contributed by atoms with van der Waals surface area (Å²) in [6.07, 6.45) is 0.785. The first-order valence-electron chi connectivity index (χ1n) is 5.14. The molecular formula is C12H14O3. The van der Waals surface area contributed by atoms with Crippen molar-refractivity contribution in [1.82, 2.24) is 0 Å². The average Bonchev–Trinajstić information content (AvgIpc) is 2.81. The van der Waals surface area contributed by atoms with Gasteiger partial charge in [-0.05, 0) is 12.0 Å². The summed E-state index contributed by atoms with van der Waals surface area (Å²) < 4.78 is 10.3. The van der Waals surface area contributed by atoms with Gasteiger partial charge in [0.25, 0.3) is 0 Å². The molecule has 1 aliphatic rings. The van der Waals surface area contributed by atoms with E-state index < -0.39 is 0 Å². The molecule has 0 N–H and O–H groups in total. The Morgan fingerprint density at radius 2 is 2.20 bits per heavy atom. The van der Waals surface area contributed by atoms with Crippen LogP contribution in [0.3, 0.4) is 0 Å². The Labute approximate surface area is 89.0 Å². The van der Waals surface area contributed by atoms with Gasteiger partial charge in [0, 0.05) is 6.61 Å². The molecule has 0 radical (unpaired) electrons. The highest BCUT2D eigenvalue weighted by Crippen LogP contribution is 2.14. The van der Waals surface area contributed by atoms with Crippen molar-refractivity contribution in [3.8, 4) is 0 Å². The van der Waals surface area contributed by atoms with Crippen LogP contribution in [0.15, 0.2) is 30.3 Å². The molecular weight excluding hydrogens is 192 g/mol. The van der Waals surface area contributed by atoms with Crippen LogP contribution < -0.4 is 0 Å². The minimum atomic E-state index is -0.142. The van der Waals surface area contributed by atoms with Gasteiger partial charge in [0.05, 0.1) is 12.5 Å². The summed E-state index contributed by atoms with van der Waals surface area (Å²) in [7, 11) is 0. The lowest BCUT2D eigenvalue weighted by molar-refractivity contribution is -0.149. The number of rotatable bonds is 3. The molecule has 2 rings (SSSR count). The van der Waals surface area contributed by atoms with Crippen LogP contribution in [0.5, 0.6) is 0 Å². The topological polar surface area (TPSA) is 35.5 Å². The Balaban J connectivity index is 1.80. The zero-order chi connectivity index (χ0) is 10.5. The van der Waals surface area contributed by atoms with E-state index in [2.05, 4.69) is 0 Å². The number of benzene rings is 1. The fourth-order valence-electron chi connectivity index (χ4n) is 1.57. The first-order chi connectivity index (χ1) is 7.36. The van der Waals surface area contributed by atoms with Crippen molar-refractivity contribution in [2.75, 3.05) is 13.2 Å². The lowest BCUT2D eigenvalue weighted by atomic mass is 10.1. The van der Waals surface area contributed by atoms with Crippen LogP contribution in [0, 0.1) is 5.92 Å². The molecule has 1 atom stereocenters. The molecule has 0 bridgehead atoms. The predicted octanol–water partition coefficient (Wildman–Crippen LogP) is 1.77. The van der Waals surface area contributed by atoms with Gasteiger partial charge in [0.2, 0.25) is 0 Å². The van der Waals surface area contributed by atoms with Crippen molar-refractivity contribution in [2.24, 2.45) is 5.92 Å². The Hall–Kier alpha value is -1.35. The van der Waals surface area contributed by atoms with E-state index >= 15 is 0 Å². The van der Waals surface area contributed by atoms with E-state index in [-0.39, 0.29) is 11.9 Å². The summed E-state index contributed by atoms with van der Waals surface area (Å²) in [6.45, 7) is 1.54. The Kier molecular flexibility index (Phi) is 3.35. The quantitative estimate of drug-likeness (QED) is 0.707. The standard InChI is InChI=1S/C12H14O3/c13-12(11-6-7-14-9-11)15-8-10-4-2-1-3-5-10/h1-5,11H,6-9H2/t11-/m1/s1. The molecule has 80 valence electrons. The van der Waals surface area contributed by atoms with E-state index in [1.807, 2.05) is 30.3 Å². The predicted molar refractivity (Wildman–Crippen MR) is 55.2 cm³/mol. The fourth-order valence-corrected chi connectivity index (χ4v) is 1.57. The van der Waals surface area contributed by atoms with Crippen LogP contribution in [0.1, 0.15) is 12.0 Å². The number of carbonyl (C=O) groups excluding carboxylic acids is 1. The van der Waals surface area contributed by atoms with Gasteiger partial charge in [-0.3, -0.25) is 4.79 Å². The molecule has 3 heteroatoms. The highest BCUT2D eigenvalue weighted by atomic mass is 16.5. The molecule has 1 aromatic rings. The van der Waals surface area contributed by atoms with Gasteiger partial charge < -0.3 is 9.47 Å². The maximum atomic E-state index is 11.5. The molecule has 0 aromatic heterocycles. The Bertz CT molecular complexity index is 315. The monoisotopic (exact) mass is 206 g/mol. The van der Waals surface area contributed by atoms with Crippen LogP contribution in [-0.2, 0) is 20.9 Å². The molecule has 0 unspecified atom stereocenters. The third-order valence-corrected chi connectivity index (χ3v) is 2.49. The first kappa shape index (κ1) is 10.2. The number of carbonyl (C=O) groups is 1. The zero-order valence-corrected chi connectivity index (χ0v) is 8.52. The second-order valence-corrected chi connectivity index (χ2v) is 3.65. The van der Waals surface area contributed by atoms with Gasteiger partial charge >= 0.3 is 5.97 Å². The highest BCUT2D eigenvalue weighted by molar-refractivity contribution is 5.72. The van der Waals surface area contributed by atoms with Gasteiger partial charge in [-0.2, -0.15) is 0 Å². The maximum Gasteiger partial charge on any atom is 0.311 e. The van der Waals surface area contributed by atoms with E-state index in [1.54, 1.807) is 0 Å². The molecule has 1 aliphatic heterocycles. The van der Waals surface area contributed by atoms with E-state index in [0.717, 1.165) is 12.0 Å². The molecule has 1 fully saturated rings. The van der Waals surface area contributed by atoms with Crippen molar-refractivity contribution in [3.63, 3.8) is 0 Å². The number of esters is 1. The minimum Gasteiger partial charge on any atom is -0.461 e. The number of ether oxygens (including phenoxy) is 2. The van der Waals surface area contributed by atoms with Gasteiger partial charge in [-0.1, -0.05) is 30.3 Å². The Morgan fingerprint density at radius 1 is 1.40 bits per heavy atom. The van der Waals surface area contributed by atoms with Crippen LogP contribution in [0.25, 0.3) is 0 Å². The lowest BCUT2D eigenvalue weighted by Crippen LogP contribution is -2.17. The minimum absolute atomic E-state index is 0.0614.